The summed E-state index contributed by atoms with van der Waals surface area (Å²) in [6.45, 7) is 1.64. The maximum atomic E-state index is 13.7. The second-order valence-electron chi connectivity index (χ2n) is 4.44. The smallest absolute Gasteiger partial charge is 0.131 e. The first-order valence-corrected chi connectivity index (χ1v) is 7.36. The molecule has 0 bridgehead atoms. The number of hydrogen-bond donors (Lipinski definition) is 0. The van der Waals surface area contributed by atoms with Crippen LogP contribution < -0.4 is 4.74 Å². The van der Waals surface area contributed by atoms with Gasteiger partial charge in [0.15, 0.2) is 0 Å². The topological polar surface area (TPSA) is 12.5 Å². The Morgan fingerprint density at radius 3 is 2.67 bits per heavy atom. The number of ether oxygens (including phenoxy) is 1. The Bertz CT molecular complexity index is 360. The van der Waals surface area contributed by atoms with E-state index in [4.69, 9.17) is 4.74 Å². The summed E-state index contributed by atoms with van der Waals surface area (Å²) in [5, 5.41) is 1.06. The van der Waals surface area contributed by atoms with Gasteiger partial charge in [0.25, 0.3) is 0 Å². The lowest BCUT2D eigenvalue weighted by Crippen LogP contribution is -2.19. The highest BCUT2D eigenvalue weighted by Crippen LogP contribution is 2.17. The molecular formula is C14H21BrFNO. The molecule has 0 saturated heterocycles. The van der Waals surface area contributed by atoms with E-state index in [9.17, 15) is 4.39 Å². The van der Waals surface area contributed by atoms with Gasteiger partial charge in [0, 0.05) is 23.5 Å². The number of hydrogen-bond acceptors (Lipinski definition) is 2. The van der Waals surface area contributed by atoms with Crippen LogP contribution in [-0.4, -0.2) is 30.9 Å². The first-order chi connectivity index (χ1) is 8.67. The molecule has 0 aliphatic rings. The number of methoxy groups -OCH3 is 1. The predicted octanol–water partition coefficient (Wildman–Crippen LogP) is 3.83. The van der Waals surface area contributed by atoms with Gasteiger partial charge in [0.05, 0.1) is 7.11 Å². The molecule has 102 valence electrons. The molecule has 4 heteroatoms. The zero-order valence-corrected chi connectivity index (χ0v) is 12.7. The molecule has 0 unspecified atom stereocenters. The zero-order chi connectivity index (χ0) is 13.4. The van der Waals surface area contributed by atoms with Crippen LogP contribution in [0.5, 0.6) is 5.75 Å². The van der Waals surface area contributed by atoms with Crippen molar-refractivity contribution < 1.29 is 9.13 Å². The van der Waals surface area contributed by atoms with E-state index in [-0.39, 0.29) is 5.82 Å². The summed E-state index contributed by atoms with van der Waals surface area (Å²) in [4.78, 5) is 2.15. The third-order valence-corrected chi connectivity index (χ3v) is 3.43. The van der Waals surface area contributed by atoms with Crippen molar-refractivity contribution in [2.75, 3.05) is 26.0 Å². The van der Waals surface area contributed by atoms with Crippen molar-refractivity contribution in [1.82, 2.24) is 4.90 Å². The van der Waals surface area contributed by atoms with Crippen LogP contribution in [0.1, 0.15) is 24.8 Å². The van der Waals surface area contributed by atoms with Crippen LogP contribution in [0.25, 0.3) is 0 Å². The van der Waals surface area contributed by atoms with Gasteiger partial charge in [0.2, 0.25) is 0 Å². The van der Waals surface area contributed by atoms with E-state index in [1.807, 2.05) is 7.05 Å². The van der Waals surface area contributed by atoms with Crippen LogP contribution in [0.4, 0.5) is 4.39 Å². The van der Waals surface area contributed by atoms with E-state index in [0.29, 0.717) is 12.3 Å². The highest BCUT2D eigenvalue weighted by atomic mass is 79.9. The standard InChI is InChI=1S/C14H21BrFNO/c1-17(9-5-3-4-8-15)11-12-6-7-13(18-2)10-14(12)16/h6-7,10H,3-5,8-9,11H2,1-2H3. The first-order valence-electron chi connectivity index (χ1n) is 6.24. The molecule has 1 aromatic rings. The van der Waals surface area contributed by atoms with E-state index >= 15 is 0 Å². The van der Waals surface area contributed by atoms with E-state index < -0.39 is 0 Å². The molecule has 0 heterocycles. The minimum atomic E-state index is -0.193. The van der Waals surface area contributed by atoms with Crippen LogP contribution in [0.3, 0.4) is 0 Å². The lowest BCUT2D eigenvalue weighted by atomic mass is 10.2. The quantitative estimate of drug-likeness (QED) is 0.533. The molecule has 1 rings (SSSR count). The van der Waals surface area contributed by atoms with Gasteiger partial charge in [-0.05, 0) is 32.5 Å². The number of nitrogens with zero attached hydrogens (tertiary/aromatic N) is 1. The monoisotopic (exact) mass is 317 g/mol. The lowest BCUT2D eigenvalue weighted by molar-refractivity contribution is 0.312. The largest absolute Gasteiger partial charge is 0.497 e. The van der Waals surface area contributed by atoms with Gasteiger partial charge in [-0.15, -0.1) is 0 Å². The molecule has 0 atom stereocenters. The number of benzene rings is 1. The van der Waals surface area contributed by atoms with E-state index in [1.165, 1.54) is 18.9 Å². The molecule has 0 N–H and O–H groups in total. The molecule has 0 spiro atoms. The lowest BCUT2D eigenvalue weighted by Gasteiger charge is -2.17. The maximum Gasteiger partial charge on any atom is 0.131 e. The molecule has 0 saturated carbocycles. The highest BCUT2D eigenvalue weighted by molar-refractivity contribution is 9.09. The molecule has 0 radical (unpaired) electrons. The summed E-state index contributed by atoms with van der Waals surface area (Å²) in [5.41, 5.74) is 0.721. The van der Waals surface area contributed by atoms with Crippen LogP contribution in [0.15, 0.2) is 18.2 Å². The molecule has 0 aliphatic heterocycles. The summed E-state index contributed by atoms with van der Waals surface area (Å²) in [6, 6.07) is 5.04. The summed E-state index contributed by atoms with van der Waals surface area (Å²) in [5.74, 6) is 0.373. The van der Waals surface area contributed by atoms with Gasteiger partial charge < -0.3 is 9.64 Å². The Morgan fingerprint density at radius 1 is 1.28 bits per heavy atom. The Kier molecular flexibility index (Phi) is 7.28. The second-order valence-corrected chi connectivity index (χ2v) is 5.24. The number of halogens is 2. The number of unbranched alkanes of at least 4 members (excludes halogenated alkanes) is 2. The number of rotatable bonds is 8. The fraction of sp³-hybridized carbons (Fsp3) is 0.571. The Labute approximate surface area is 117 Å². The molecule has 2 nitrogen and oxygen atoms in total. The van der Waals surface area contributed by atoms with E-state index in [0.717, 1.165) is 23.9 Å². The fourth-order valence-electron chi connectivity index (χ4n) is 1.81. The van der Waals surface area contributed by atoms with Crippen molar-refractivity contribution in [2.24, 2.45) is 0 Å². The van der Waals surface area contributed by atoms with Gasteiger partial charge in [0.1, 0.15) is 11.6 Å². The minimum absolute atomic E-state index is 0.193. The maximum absolute atomic E-state index is 13.7. The number of alkyl halides is 1. The van der Waals surface area contributed by atoms with Crippen molar-refractivity contribution in [3.05, 3.63) is 29.6 Å². The van der Waals surface area contributed by atoms with Crippen molar-refractivity contribution in [3.8, 4) is 5.75 Å². The first kappa shape index (κ1) is 15.4. The third-order valence-electron chi connectivity index (χ3n) is 2.87. The molecule has 0 amide bonds. The summed E-state index contributed by atoms with van der Waals surface area (Å²) in [7, 11) is 3.57. The Balaban J connectivity index is 2.41. The molecule has 0 aromatic heterocycles. The summed E-state index contributed by atoms with van der Waals surface area (Å²) < 4.78 is 18.7. The van der Waals surface area contributed by atoms with E-state index in [2.05, 4.69) is 20.8 Å². The normalized spacial score (nSPS) is 10.9. The molecule has 0 aliphatic carbocycles. The SMILES string of the molecule is COc1ccc(CN(C)CCCCCBr)c(F)c1. The zero-order valence-electron chi connectivity index (χ0n) is 11.1. The minimum Gasteiger partial charge on any atom is -0.497 e. The highest BCUT2D eigenvalue weighted by Gasteiger charge is 2.06. The van der Waals surface area contributed by atoms with Crippen LogP contribution in [0, 0.1) is 5.82 Å². The molecule has 0 fully saturated rings. The fourth-order valence-corrected chi connectivity index (χ4v) is 2.20. The Hall–Kier alpha value is -0.610. The average molecular weight is 318 g/mol. The van der Waals surface area contributed by atoms with Crippen LogP contribution >= 0.6 is 15.9 Å². The van der Waals surface area contributed by atoms with Gasteiger partial charge in [-0.2, -0.15) is 0 Å². The van der Waals surface area contributed by atoms with Gasteiger partial charge in [-0.1, -0.05) is 28.4 Å². The molecule has 18 heavy (non-hydrogen) atoms. The van der Waals surface area contributed by atoms with Crippen molar-refractivity contribution >= 4 is 15.9 Å². The predicted molar refractivity (Wildman–Crippen MR) is 76.9 cm³/mol. The van der Waals surface area contributed by atoms with E-state index in [1.54, 1.807) is 19.2 Å². The van der Waals surface area contributed by atoms with Gasteiger partial charge in [-0.3, -0.25) is 0 Å². The molecular weight excluding hydrogens is 297 g/mol. The third kappa shape index (κ3) is 5.36. The van der Waals surface area contributed by atoms with Gasteiger partial charge in [-0.25, -0.2) is 4.39 Å². The summed E-state index contributed by atoms with van der Waals surface area (Å²) in [6.07, 6.45) is 3.56. The Morgan fingerprint density at radius 2 is 2.06 bits per heavy atom. The van der Waals surface area contributed by atoms with Crippen molar-refractivity contribution in [3.63, 3.8) is 0 Å². The van der Waals surface area contributed by atoms with Crippen molar-refractivity contribution in [2.45, 2.75) is 25.8 Å². The summed E-state index contributed by atoms with van der Waals surface area (Å²) >= 11 is 3.42. The average Bonchev–Trinajstić information content (AvgIpc) is 2.37. The van der Waals surface area contributed by atoms with Crippen LogP contribution in [0.2, 0.25) is 0 Å². The van der Waals surface area contributed by atoms with Crippen molar-refractivity contribution in [1.29, 1.82) is 0 Å². The van der Waals surface area contributed by atoms with Crippen LogP contribution in [-0.2, 0) is 6.54 Å². The second kappa shape index (κ2) is 8.48. The molecule has 1 aromatic carbocycles. The van der Waals surface area contributed by atoms with Gasteiger partial charge >= 0.3 is 0 Å².